The number of benzene rings is 1. The molecule has 1 N–H and O–H groups in total. The van der Waals surface area contributed by atoms with E-state index in [1.165, 1.54) is 24.0 Å². The topological polar surface area (TPSA) is 37.8 Å². The van der Waals surface area contributed by atoms with Gasteiger partial charge in [-0.15, -0.1) is 0 Å². The molecule has 3 heteroatoms. The van der Waals surface area contributed by atoms with E-state index in [0.29, 0.717) is 0 Å². The monoisotopic (exact) mass is 253 g/mol. The Labute approximate surface area is 114 Å². The van der Waals surface area contributed by atoms with Gasteiger partial charge in [0.05, 0.1) is 5.69 Å². The predicted molar refractivity (Wildman–Crippen MR) is 75.9 cm³/mol. The minimum absolute atomic E-state index is 0.718. The van der Waals surface area contributed by atoms with Gasteiger partial charge in [0.2, 0.25) is 0 Å². The Morgan fingerprint density at radius 1 is 1.26 bits per heavy atom. The van der Waals surface area contributed by atoms with Crippen LogP contribution in [0.4, 0.5) is 0 Å². The highest BCUT2D eigenvalue weighted by Gasteiger charge is 2.20. The fraction of sp³-hybridized carbons (Fsp3) is 0.375. The molecule has 0 unspecified atom stereocenters. The van der Waals surface area contributed by atoms with E-state index in [4.69, 9.17) is 0 Å². The van der Waals surface area contributed by atoms with Gasteiger partial charge in [-0.2, -0.15) is 0 Å². The number of hydrogen-bond donors (Lipinski definition) is 1. The van der Waals surface area contributed by atoms with Gasteiger partial charge in [-0.25, -0.2) is 9.97 Å². The van der Waals surface area contributed by atoms with Crippen molar-refractivity contribution in [1.29, 1.82) is 0 Å². The van der Waals surface area contributed by atoms with Gasteiger partial charge in [-0.3, -0.25) is 0 Å². The third-order valence-corrected chi connectivity index (χ3v) is 3.36. The molecule has 1 aromatic heterocycles. The summed E-state index contributed by atoms with van der Waals surface area (Å²) >= 11 is 0. The standard InChI is InChI=1S/C16H19N3/c1-12-3-2-4-13(9-12)10-16-17-8-7-15(19-16)11-18-14-5-6-14/h2-4,7-9,14,18H,5-6,10-11H2,1H3. The summed E-state index contributed by atoms with van der Waals surface area (Å²) in [7, 11) is 0. The normalized spacial score (nSPS) is 14.6. The Kier molecular flexibility index (Phi) is 3.56. The lowest BCUT2D eigenvalue weighted by atomic mass is 10.1. The number of aryl methyl sites for hydroxylation is 1. The average molecular weight is 253 g/mol. The van der Waals surface area contributed by atoms with Gasteiger partial charge < -0.3 is 5.32 Å². The number of aromatic nitrogens is 2. The molecule has 2 aromatic rings. The quantitative estimate of drug-likeness (QED) is 0.890. The summed E-state index contributed by atoms with van der Waals surface area (Å²) in [6.45, 7) is 2.97. The van der Waals surface area contributed by atoms with E-state index in [1.807, 2.05) is 12.3 Å². The zero-order valence-corrected chi connectivity index (χ0v) is 11.3. The molecule has 3 nitrogen and oxygen atoms in total. The minimum Gasteiger partial charge on any atom is -0.308 e. The van der Waals surface area contributed by atoms with Crippen molar-refractivity contribution in [2.45, 2.75) is 38.8 Å². The summed E-state index contributed by atoms with van der Waals surface area (Å²) in [5.41, 5.74) is 3.64. The molecule has 3 rings (SSSR count). The highest BCUT2D eigenvalue weighted by atomic mass is 15.0. The Balaban J connectivity index is 1.67. The van der Waals surface area contributed by atoms with Gasteiger partial charge in [0.25, 0.3) is 0 Å². The maximum atomic E-state index is 4.62. The predicted octanol–water partition coefficient (Wildman–Crippen LogP) is 2.63. The van der Waals surface area contributed by atoms with Crippen LogP contribution in [0.3, 0.4) is 0 Å². The van der Waals surface area contributed by atoms with Crippen LogP contribution >= 0.6 is 0 Å². The van der Waals surface area contributed by atoms with Crippen LogP contribution in [0.2, 0.25) is 0 Å². The fourth-order valence-corrected chi connectivity index (χ4v) is 2.17. The first kappa shape index (κ1) is 12.3. The number of nitrogens with one attached hydrogen (secondary N) is 1. The van der Waals surface area contributed by atoms with Crippen LogP contribution in [0.25, 0.3) is 0 Å². The van der Waals surface area contributed by atoms with Crippen LogP contribution in [-0.4, -0.2) is 16.0 Å². The van der Waals surface area contributed by atoms with Crippen LogP contribution < -0.4 is 5.32 Å². The van der Waals surface area contributed by atoms with Crippen molar-refractivity contribution in [1.82, 2.24) is 15.3 Å². The lowest BCUT2D eigenvalue weighted by Crippen LogP contribution is -2.16. The van der Waals surface area contributed by atoms with Crippen LogP contribution in [0.5, 0.6) is 0 Å². The molecule has 0 atom stereocenters. The van der Waals surface area contributed by atoms with Crippen molar-refractivity contribution < 1.29 is 0 Å². The first-order valence-corrected chi connectivity index (χ1v) is 6.89. The summed E-state index contributed by atoms with van der Waals surface area (Å²) in [5.74, 6) is 0.903. The van der Waals surface area contributed by atoms with Crippen LogP contribution in [0.1, 0.15) is 35.5 Å². The molecule has 1 aliphatic rings. The second-order valence-electron chi connectivity index (χ2n) is 5.29. The maximum absolute atomic E-state index is 4.62. The molecule has 1 fully saturated rings. The largest absolute Gasteiger partial charge is 0.308 e. The molecular weight excluding hydrogens is 234 g/mol. The molecule has 1 heterocycles. The van der Waals surface area contributed by atoms with E-state index in [-0.39, 0.29) is 0 Å². The van der Waals surface area contributed by atoms with Gasteiger partial charge >= 0.3 is 0 Å². The summed E-state index contributed by atoms with van der Waals surface area (Å²) in [6.07, 6.45) is 5.28. The second-order valence-corrected chi connectivity index (χ2v) is 5.29. The van der Waals surface area contributed by atoms with E-state index in [0.717, 1.165) is 30.5 Å². The van der Waals surface area contributed by atoms with E-state index in [1.54, 1.807) is 0 Å². The Hall–Kier alpha value is -1.74. The molecule has 1 aromatic carbocycles. The Bertz CT molecular complexity index is 561. The highest BCUT2D eigenvalue weighted by molar-refractivity contribution is 5.25. The van der Waals surface area contributed by atoms with Crippen molar-refractivity contribution in [3.05, 3.63) is 59.2 Å². The van der Waals surface area contributed by atoms with Gasteiger partial charge in [0, 0.05) is 25.2 Å². The molecule has 98 valence electrons. The van der Waals surface area contributed by atoms with Gasteiger partial charge in [-0.05, 0) is 31.4 Å². The molecule has 0 aliphatic heterocycles. The van der Waals surface area contributed by atoms with Crippen molar-refractivity contribution in [3.8, 4) is 0 Å². The molecular formula is C16H19N3. The van der Waals surface area contributed by atoms with E-state index in [9.17, 15) is 0 Å². The number of nitrogens with zero attached hydrogens (tertiary/aromatic N) is 2. The van der Waals surface area contributed by atoms with Crippen molar-refractivity contribution >= 4 is 0 Å². The first-order chi connectivity index (χ1) is 9.29. The lowest BCUT2D eigenvalue weighted by Gasteiger charge is -2.05. The summed E-state index contributed by atoms with van der Waals surface area (Å²) in [4.78, 5) is 8.99. The van der Waals surface area contributed by atoms with E-state index < -0.39 is 0 Å². The number of hydrogen-bond acceptors (Lipinski definition) is 3. The van der Waals surface area contributed by atoms with Crippen molar-refractivity contribution in [2.75, 3.05) is 0 Å². The molecule has 19 heavy (non-hydrogen) atoms. The van der Waals surface area contributed by atoms with Gasteiger partial charge in [0.15, 0.2) is 0 Å². The lowest BCUT2D eigenvalue weighted by molar-refractivity contribution is 0.668. The molecule has 0 saturated heterocycles. The third kappa shape index (κ3) is 3.61. The van der Waals surface area contributed by atoms with E-state index in [2.05, 4.69) is 46.5 Å². The fourth-order valence-electron chi connectivity index (χ4n) is 2.17. The average Bonchev–Trinajstić information content (AvgIpc) is 3.21. The van der Waals surface area contributed by atoms with Crippen molar-refractivity contribution in [2.24, 2.45) is 0 Å². The molecule has 1 aliphatic carbocycles. The van der Waals surface area contributed by atoms with Crippen LogP contribution in [-0.2, 0) is 13.0 Å². The molecule has 0 spiro atoms. The Morgan fingerprint density at radius 3 is 2.95 bits per heavy atom. The zero-order chi connectivity index (χ0) is 13.1. The molecule has 0 amide bonds. The summed E-state index contributed by atoms with van der Waals surface area (Å²) in [6, 6.07) is 11.2. The molecule has 0 bridgehead atoms. The van der Waals surface area contributed by atoms with Gasteiger partial charge in [-0.1, -0.05) is 29.8 Å². The summed E-state index contributed by atoms with van der Waals surface area (Å²) in [5, 5.41) is 3.48. The zero-order valence-electron chi connectivity index (χ0n) is 11.3. The summed E-state index contributed by atoms with van der Waals surface area (Å²) < 4.78 is 0. The smallest absolute Gasteiger partial charge is 0.132 e. The third-order valence-electron chi connectivity index (χ3n) is 3.36. The van der Waals surface area contributed by atoms with Gasteiger partial charge in [0.1, 0.15) is 5.82 Å². The SMILES string of the molecule is Cc1cccc(Cc2nccc(CNC3CC3)n2)c1. The van der Waals surface area contributed by atoms with Crippen LogP contribution in [0.15, 0.2) is 36.5 Å². The number of rotatable bonds is 5. The van der Waals surface area contributed by atoms with Crippen LogP contribution in [0, 0.1) is 6.92 Å². The second kappa shape index (κ2) is 5.49. The minimum atomic E-state index is 0.718. The molecule has 0 radical (unpaired) electrons. The highest BCUT2D eigenvalue weighted by Crippen LogP contribution is 2.19. The van der Waals surface area contributed by atoms with E-state index >= 15 is 0 Å². The Morgan fingerprint density at radius 2 is 2.16 bits per heavy atom. The molecule has 1 saturated carbocycles. The maximum Gasteiger partial charge on any atom is 0.132 e. The van der Waals surface area contributed by atoms with Crippen molar-refractivity contribution in [3.63, 3.8) is 0 Å². The first-order valence-electron chi connectivity index (χ1n) is 6.89.